The largest absolute Gasteiger partial charge is 0.481 e. The van der Waals surface area contributed by atoms with Crippen molar-refractivity contribution < 1.29 is 30.0 Å². The van der Waals surface area contributed by atoms with Crippen molar-refractivity contribution in [1.29, 1.82) is 0 Å². The highest BCUT2D eigenvalue weighted by Gasteiger charge is 2.73. The van der Waals surface area contributed by atoms with Crippen LogP contribution < -0.4 is 5.73 Å². The van der Waals surface area contributed by atoms with Gasteiger partial charge in [-0.3, -0.25) is 4.79 Å². The van der Waals surface area contributed by atoms with E-state index in [4.69, 9.17) is 15.9 Å². The van der Waals surface area contributed by atoms with E-state index < -0.39 is 47.4 Å². The average molecular weight is 245 g/mol. The van der Waals surface area contributed by atoms with Crippen LogP contribution in [0.15, 0.2) is 0 Å². The van der Waals surface area contributed by atoms with Crippen LogP contribution in [0.3, 0.4) is 0 Å². The summed E-state index contributed by atoms with van der Waals surface area (Å²) in [6.07, 6.45) is -0.843. The van der Waals surface area contributed by atoms with E-state index in [1.807, 2.05) is 0 Å². The number of rotatable bonds is 4. The van der Waals surface area contributed by atoms with Crippen LogP contribution in [-0.4, -0.2) is 50.6 Å². The lowest BCUT2D eigenvalue weighted by Gasteiger charge is -2.32. The monoisotopic (exact) mass is 245 g/mol. The van der Waals surface area contributed by atoms with Gasteiger partial charge in [0.15, 0.2) is 5.60 Å². The van der Waals surface area contributed by atoms with Gasteiger partial charge in [-0.05, 0) is 12.8 Å². The number of aliphatic hydroxyl groups is 2. The molecule has 17 heavy (non-hydrogen) atoms. The molecule has 2 aliphatic rings. The Hall–Kier alpha value is -1.18. The molecule has 2 aliphatic carbocycles. The van der Waals surface area contributed by atoms with Crippen LogP contribution in [-0.2, 0) is 9.59 Å². The first-order chi connectivity index (χ1) is 7.79. The van der Waals surface area contributed by atoms with Gasteiger partial charge >= 0.3 is 11.9 Å². The zero-order valence-corrected chi connectivity index (χ0v) is 9.04. The van der Waals surface area contributed by atoms with Gasteiger partial charge < -0.3 is 26.2 Å². The predicted molar refractivity (Wildman–Crippen MR) is 53.9 cm³/mol. The zero-order valence-electron chi connectivity index (χ0n) is 9.04. The lowest BCUT2D eigenvalue weighted by Crippen LogP contribution is -2.55. The van der Waals surface area contributed by atoms with Crippen molar-refractivity contribution in [3.05, 3.63) is 0 Å². The first kappa shape index (κ1) is 12.3. The molecule has 0 spiro atoms. The third-order valence-electron chi connectivity index (χ3n) is 4.26. The van der Waals surface area contributed by atoms with E-state index in [0.717, 1.165) is 0 Å². The number of aliphatic hydroxyl groups excluding tert-OH is 1. The highest BCUT2D eigenvalue weighted by molar-refractivity contribution is 5.82. The smallest absolute Gasteiger partial charge is 0.337 e. The lowest BCUT2D eigenvalue weighted by molar-refractivity contribution is -0.169. The summed E-state index contributed by atoms with van der Waals surface area (Å²) in [6.45, 7) is -0.549. The number of fused-ring (bicyclic) bond motifs is 1. The zero-order chi connectivity index (χ0) is 13.0. The highest BCUT2D eigenvalue weighted by atomic mass is 16.4. The molecule has 2 fully saturated rings. The van der Waals surface area contributed by atoms with Crippen molar-refractivity contribution in [2.45, 2.75) is 24.5 Å². The maximum Gasteiger partial charge on any atom is 0.337 e. The molecule has 0 bridgehead atoms. The van der Waals surface area contributed by atoms with E-state index in [1.54, 1.807) is 0 Å². The molecule has 2 rings (SSSR count). The first-order valence-electron chi connectivity index (χ1n) is 5.37. The fourth-order valence-electron chi connectivity index (χ4n) is 2.99. The molecular formula is C10H15NO6. The van der Waals surface area contributed by atoms with Crippen LogP contribution in [0.5, 0.6) is 0 Å². The molecule has 0 aromatic rings. The molecule has 5 atom stereocenters. The summed E-state index contributed by atoms with van der Waals surface area (Å²) < 4.78 is 0. The minimum absolute atomic E-state index is 0.0475. The summed E-state index contributed by atoms with van der Waals surface area (Å²) in [5.41, 5.74) is 1.92. The Balaban J connectivity index is 2.26. The van der Waals surface area contributed by atoms with Gasteiger partial charge in [0.1, 0.15) is 0 Å². The fraction of sp³-hybridized carbons (Fsp3) is 0.800. The SMILES string of the molecule is NC[C@](O)(C(=O)O)[C@@H]1C[C@]2(C(=O)O)CC2[C@@H]1O. The summed E-state index contributed by atoms with van der Waals surface area (Å²) in [4.78, 5) is 22.1. The molecule has 0 saturated heterocycles. The number of carboxylic acid groups (broad SMARTS) is 2. The highest BCUT2D eigenvalue weighted by Crippen LogP contribution is 2.66. The summed E-state index contributed by atoms with van der Waals surface area (Å²) in [6, 6.07) is 0. The third kappa shape index (κ3) is 1.39. The molecule has 1 unspecified atom stereocenters. The molecule has 0 amide bonds. The Labute approximate surface area is 96.9 Å². The van der Waals surface area contributed by atoms with Crippen LogP contribution >= 0.6 is 0 Å². The number of nitrogens with two attached hydrogens (primary N) is 1. The van der Waals surface area contributed by atoms with Crippen molar-refractivity contribution in [2.24, 2.45) is 23.0 Å². The molecule has 0 aromatic heterocycles. The molecule has 2 saturated carbocycles. The molecule has 7 heteroatoms. The number of carbonyl (C=O) groups is 2. The fourth-order valence-corrected chi connectivity index (χ4v) is 2.99. The molecule has 0 aromatic carbocycles. The summed E-state index contributed by atoms with van der Waals surface area (Å²) in [5, 5.41) is 37.8. The van der Waals surface area contributed by atoms with E-state index >= 15 is 0 Å². The van der Waals surface area contributed by atoms with Crippen LogP contribution in [0.25, 0.3) is 0 Å². The van der Waals surface area contributed by atoms with Crippen LogP contribution in [0.1, 0.15) is 12.8 Å². The van der Waals surface area contributed by atoms with Crippen molar-refractivity contribution in [1.82, 2.24) is 0 Å². The van der Waals surface area contributed by atoms with Gasteiger partial charge in [-0.1, -0.05) is 0 Å². The molecule has 6 N–H and O–H groups in total. The van der Waals surface area contributed by atoms with Crippen molar-refractivity contribution in [2.75, 3.05) is 6.54 Å². The van der Waals surface area contributed by atoms with E-state index in [1.165, 1.54) is 0 Å². The third-order valence-corrected chi connectivity index (χ3v) is 4.26. The van der Waals surface area contributed by atoms with Crippen LogP contribution in [0, 0.1) is 17.3 Å². The van der Waals surface area contributed by atoms with Crippen LogP contribution in [0.4, 0.5) is 0 Å². The van der Waals surface area contributed by atoms with E-state index in [0.29, 0.717) is 6.42 Å². The van der Waals surface area contributed by atoms with Gasteiger partial charge in [-0.25, -0.2) is 4.79 Å². The van der Waals surface area contributed by atoms with Crippen molar-refractivity contribution in [3.8, 4) is 0 Å². The van der Waals surface area contributed by atoms with Crippen LogP contribution in [0.2, 0.25) is 0 Å². The van der Waals surface area contributed by atoms with Crippen molar-refractivity contribution in [3.63, 3.8) is 0 Å². The normalized spacial score (nSPS) is 42.6. The lowest BCUT2D eigenvalue weighted by atomic mass is 9.80. The van der Waals surface area contributed by atoms with Gasteiger partial charge in [0.2, 0.25) is 0 Å². The Kier molecular flexibility index (Phi) is 2.46. The standard InChI is InChI=1S/C10H15NO6/c11-3-10(17,8(15)16)5-2-9(7(13)14)1-4(9)6(5)12/h4-6,12,17H,1-3,11H2,(H,13,14)(H,15,16)/t4?,5-,6+,9-,10-/m1/s1. The predicted octanol–water partition coefficient (Wildman–Crippen LogP) is -1.77. The number of hydrogen-bond acceptors (Lipinski definition) is 5. The van der Waals surface area contributed by atoms with Gasteiger partial charge in [0.05, 0.1) is 11.5 Å². The van der Waals surface area contributed by atoms with Gasteiger partial charge in [0, 0.05) is 18.4 Å². The number of carboxylic acids is 2. The number of aliphatic carboxylic acids is 2. The van der Waals surface area contributed by atoms with E-state index in [-0.39, 0.29) is 6.42 Å². The minimum atomic E-state index is -2.25. The Morgan fingerprint density at radius 3 is 2.29 bits per heavy atom. The van der Waals surface area contributed by atoms with E-state index in [9.17, 15) is 19.8 Å². The second kappa shape index (κ2) is 3.41. The minimum Gasteiger partial charge on any atom is -0.481 e. The summed E-state index contributed by atoms with van der Waals surface area (Å²) >= 11 is 0. The maximum absolute atomic E-state index is 11.1. The maximum atomic E-state index is 11.1. The quantitative estimate of drug-likeness (QED) is 0.394. The Morgan fingerprint density at radius 2 is 1.94 bits per heavy atom. The number of hydrogen-bond donors (Lipinski definition) is 5. The first-order valence-corrected chi connectivity index (χ1v) is 5.37. The Bertz CT molecular complexity index is 385. The molecule has 0 radical (unpaired) electrons. The average Bonchev–Trinajstić information content (AvgIpc) is 2.93. The molecular weight excluding hydrogens is 230 g/mol. The molecule has 0 aliphatic heterocycles. The summed E-state index contributed by atoms with van der Waals surface area (Å²) in [5.74, 6) is -4.07. The van der Waals surface area contributed by atoms with Gasteiger partial charge in [0.25, 0.3) is 0 Å². The topological polar surface area (TPSA) is 141 Å². The molecule has 96 valence electrons. The van der Waals surface area contributed by atoms with E-state index in [2.05, 4.69) is 0 Å². The molecule has 0 heterocycles. The summed E-state index contributed by atoms with van der Waals surface area (Å²) in [7, 11) is 0. The second-order valence-corrected chi connectivity index (χ2v) is 5.01. The van der Waals surface area contributed by atoms with Crippen molar-refractivity contribution >= 4 is 11.9 Å². The Morgan fingerprint density at radius 1 is 1.35 bits per heavy atom. The van der Waals surface area contributed by atoms with Gasteiger partial charge in [-0.2, -0.15) is 0 Å². The molecule has 7 nitrogen and oxygen atoms in total. The second-order valence-electron chi connectivity index (χ2n) is 5.01. The van der Waals surface area contributed by atoms with Gasteiger partial charge in [-0.15, -0.1) is 0 Å².